The van der Waals surface area contributed by atoms with E-state index < -0.39 is 0 Å². The molecule has 1 fully saturated rings. The zero-order chi connectivity index (χ0) is 14.2. The summed E-state index contributed by atoms with van der Waals surface area (Å²) in [5.41, 5.74) is 2.59. The van der Waals surface area contributed by atoms with Gasteiger partial charge >= 0.3 is 0 Å². The first kappa shape index (κ1) is 13.7. The lowest BCUT2D eigenvalue weighted by molar-refractivity contribution is -0.110. The highest BCUT2D eigenvalue weighted by atomic mass is 16.1. The van der Waals surface area contributed by atoms with Gasteiger partial charge in [-0.3, -0.25) is 0 Å². The first-order chi connectivity index (χ1) is 9.66. The van der Waals surface area contributed by atoms with E-state index in [0.29, 0.717) is 0 Å². The molecular weight excluding hydrogens is 246 g/mol. The number of carbonyl (C=O) groups excluding carboxylic acids is 1. The summed E-state index contributed by atoms with van der Waals surface area (Å²) in [6, 6.07) is 8.54. The van der Waals surface area contributed by atoms with Gasteiger partial charge in [0, 0.05) is 18.2 Å². The first-order valence-corrected chi connectivity index (χ1v) is 7.94. The van der Waals surface area contributed by atoms with E-state index in [4.69, 9.17) is 0 Å². The third kappa shape index (κ3) is 2.06. The average molecular weight is 271 g/mol. The molecule has 1 aliphatic heterocycles. The van der Waals surface area contributed by atoms with Gasteiger partial charge in [-0.15, -0.1) is 0 Å². The number of anilines is 1. The molecule has 2 atom stereocenters. The SMILES string of the molecule is CN1c2ccccc2C(C)(CC2CCCCC2)C1C=O. The van der Waals surface area contributed by atoms with Crippen molar-refractivity contribution in [1.82, 2.24) is 0 Å². The summed E-state index contributed by atoms with van der Waals surface area (Å²) in [6.07, 6.45) is 9.11. The van der Waals surface area contributed by atoms with Gasteiger partial charge in [0.25, 0.3) is 0 Å². The number of fused-ring (bicyclic) bond motifs is 1. The second kappa shape index (κ2) is 5.23. The van der Waals surface area contributed by atoms with Crippen molar-refractivity contribution in [2.45, 2.75) is 56.9 Å². The lowest BCUT2D eigenvalue weighted by atomic mass is 9.69. The molecule has 0 saturated heterocycles. The first-order valence-electron chi connectivity index (χ1n) is 7.94. The summed E-state index contributed by atoms with van der Waals surface area (Å²) < 4.78 is 0. The van der Waals surface area contributed by atoms with Gasteiger partial charge in [0.15, 0.2) is 0 Å². The lowest BCUT2D eigenvalue weighted by Gasteiger charge is -2.36. The summed E-state index contributed by atoms with van der Waals surface area (Å²) in [5, 5.41) is 0. The Hall–Kier alpha value is -1.31. The second-order valence-corrected chi connectivity index (χ2v) is 6.83. The number of aldehydes is 1. The minimum Gasteiger partial charge on any atom is -0.364 e. The molecule has 1 aliphatic carbocycles. The molecular formula is C18H25NO. The number of rotatable bonds is 3. The average Bonchev–Trinajstić information content (AvgIpc) is 2.69. The highest BCUT2D eigenvalue weighted by molar-refractivity contribution is 5.77. The molecule has 1 saturated carbocycles. The predicted octanol–water partition coefficient (Wildman–Crippen LogP) is 3.93. The van der Waals surface area contributed by atoms with E-state index in [-0.39, 0.29) is 11.5 Å². The van der Waals surface area contributed by atoms with Crippen molar-refractivity contribution in [2.24, 2.45) is 5.92 Å². The molecule has 2 unspecified atom stereocenters. The third-order valence-corrected chi connectivity index (χ3v) is 5.54. The Balaban J connectivity index is 1.94. The van der Waals surface area contributed by atoms with E-state index in [0.717, 1.165) is 18.6 Å². The van der Waals surface area contributed by atoms with Gasteiger partial charge in [-0.05, 0) is 24.0 Å². The largest absolute Gasteiger partial charge is 0.364 e. The molecule has 2 heteroatoms. The van der Waals surface area contributed by atoms with Crippen LogP contribution in [0.5, 0.6) is 0 Å². The van der Waals surface area contributed by atoms with Gasteiger partial charge in [0.1, 0.15) is 6.29 Å². The number of benzene rings is 1. The van der Waals surface area contributed by atoms with Crippen molar-refractivity contribution in [3.8, 4) is 0 Å². The van der Waals surface area contributed by atoms with E-state index >= 15 is 0 Å². The molecule has 3 rings (SSSR count). The van der Waals surface area contributed by atoms with Crippen LogP contribution in [-0.2, 0) is 10.2 Å². The van der Waals surface area contributed by atoms with E-state index in [9.17, 15) is 4.79 Å². The molecule has 2 aliphatic rings. The summed E-state index contributed by atoms with van der Waals surface area (Å²) in [7, 11) is 2.06. The molecule has 0 amide bonds. The van der Waals surface area contributed by atoms with Crippen molar-refractivity contribution in [1.29, 1.82) is 0 Å². The Morgan fingerprint density at radius 1 is 1.25 bits per heavy atom. The Kier molecular flexibility index (Phi) is 3.57. The minimum atomic E-state index is -0.0187. The number of hydrogen-bond donors (Lipinski definition) is 0. The molecule has 0 radical (unpaired) electrons. The molecule has 1 aromatic carbocycles. The van der Waals surface area contributed by atoms with Crippen LogP contribution in [0.25, 0.3) is 0 Å². The third-order valence-electron chi connectivity index (χ3n) is 5.54. The Morgan fingerprint density at radius 3 is 2.65 bits per heavy atom. The van der Waals surface area contributed by atoms with Crippen molar-refractivity contribution in [3.63, 3.8) is 0 Å². The fourth-order valence-electron chi connectivity index (χ4n) is 4.46. The monoisotopic (exact) mass is 271 g/mol. The van der Waals surface area contributed by atoms with Gasteiger partial charge in [0.2, 0.25) is 0 Å². The zero-order valence-corrected chi connectivity index (χ0v) is 12.6. The van der Waals surface area contributed by atoms with Crippen molar-refractivity contribution in [2.75, 3.05) is 11.9 Å². The molecule has 108 valence electrons. The Bertz CT molecular complexity index is 492. The second-order valence-electron chi connectivity index (χ2n) is 6.83. The number of para-hydroxylation sites is 1. The van der Waals surface area contributed by atoms with Crippen LogP contribution < -0.4 is 4.90 Å². The van der Waals surface area contributed by atoms with Crippen LogP contribution >= 0.6 is 0 Å². The number of likely N-dealkylation sites (N-methyl/N-ethyl adjacent to an activating group) is 1. The Labute approximate surface area is 122 Å². The van der Waals surface area contributed by atoms with Gasteiger partial charge in [-0.1, -0.05) is 57.2 Å². The number of nitrogens with zero attached hydrogens (tertiary/aromatic N) is 1. The van der Waals surface area contributed by atoms with Crippen LogP contribution in [0.3, 0.4) is 0 Å². The van der Waals surface area contributed by atoms with Crippen LogP contribution in [0, 0.1) is 5.92 Å². The molecule has 20 heavy (non-hydrogen) atoms. The highest BCUT2D eigenvalue weighted by Crippen LogP contribution is 2.48. The quantitative estimate of drug-likeness (QED) is 0.776. The van der Waals surface area contributed by atoms with Gasteiger partial charge in [-0.2, -0.15) is 0 Å². The van der Waals surface area contributed by atoms with E-state index in [1.807, 2.05) is 0 Å². The highest BCUT2D eigenvalue weighted by Gasteiger charge is 2.47. The smallest absolute Gasteiger partial charge is 0.143 e. The molecule has 1 aromatic rings. The van der Waals surface area contributed by atoms with Crippen molar-refractivity contribution in [3.05, 3.63) is 29.8 Å². The summed E-state index contributed by atoms with van der Waals surface area (Å²) >= 11 is 0. The van der Waals surface area contributed by atoms with Crippen LogP contribution in [0.2, 0.25) is 0 Å². The van der Waals surface area contributed by atoms with E-state index in [1.54, 1.807) is 0 Å². The van der Waals surface area contributed by atoms with Gasteiger partial charge in [0.05, 0.1) is 6.04 Å². The molecule has 0 spiro atoms. The summed E-state index contributed by atoms with van der Waals surface area (Å²) in [4.78, 5) is 13.9. The molecule has 0 aromatic heterocycles. The van der Waals surface area contributed by atoms with Gasteiger partial charge in [-0.25, -0.2) is 0 Å². The molecule has 0 N–H and O–H groups in total. The molecule has 2 nitrogen and oxygen atoms in total. The standard InChI is InChI=1S/C18H25NO/c1-18(12-14-8-4-3-5-9-14)15-10-6-7-11-16(15)19(2)17(18)13-20/h6-7,10-11,13-14,17H,3-5,8-9,12H2,1-2H3. The van der Waals surface area contributed by atoms with E-state index in [1.165, 1.54) is 43.4 Å². The number of hydrogen-bond acceptors (Lipinski definition) is 2. The van der Waals surface area contributed by atoms with Crippen LogP contribution in [-0.4, -0.2) is 19.4 Å². The van der Waals surface area contributed by atoms with Crippen LogP contribution in [0.15, 0.2) is 24.3 Å². The predicted molar refractivity (Wildman–Crippen MR) is 83.2 cm³/mol. The van der Waals surface area contributed by atoms with Crippen molar-refractivity contribution >= 4 is 12.0 Å². The zero-order valence-electron chi connectivity index (χ0n) is 12.6. The lowest BCUT2D eigenvalue weighted by Crippen LogP contribution is -2.43. The summed E-state index contributed by atoms with van der Waals surface area (Å²) in [5.74, 6) is 0.788. The van der Waals surface area contributed by atoms with E-state index in [2.05, 4.69) is 43.1 Å². The summed E-state index contributed by atoms with van der Waals surface area (Å²) in [6.45, 7) is 2.29. The Morgan fingerprint density at radius 2 is 1.95 bits per heavy atom. The maximum absolute atomic E-state index is 11.7. The van der Waals surface area contributed by atoms with Crippen molar-refractivity contribution < 1.29 is 4.79 Å². The fourth-order valence-corrected chi connectivity index (χ4v) is 4.46. The normalized spacial score (nSPS) is 30.3. The van der Waals surface area contributed by atoms with Crippen LogP contribution in [0.4, 0.5) is 5.69 Å². The fraction of sp³-hybridized carbons (Fsp3) is 0.611. The minimum absolute atomic E-state index is 0.0122. The molecule has 0 bridgehead atoms. The number of carbonyl (C=O) groups is 1. The van der Waals surface area contributed by atoms with Gasteiger partial charge < -0.3 is 9.69 Å². The topological polar surface area (TPSA) is 20.3 Å². The molecule has 1 heterocycles. The maximum Gasteiger partial charge on any atom is 0.143 e. The van der Waals surface area contributed by atoms with Crippen LogP contribution in [0.1, 0.15) is 51.0 Å². The maximum atomic E-state index is 11.7.